The fraction of sp³-hybridized carbons (Fsp3) is 0.0769. The smallest absolute Gasteiger partial charge is 0.117 e. The first kappa shape index (κ1) is 16.0. The third-order valence-electron chi connectivity index (χ3n) is 2.27. The van der Waals surface area contributed by atoms with Crippen LogP contribution in [0.5, 0.6) is 5.75 Å². The van der Waals surface area contributed by atoms with E-state index in [0.29, 0.717) is 0 Å². The van der Waals surface area contributed by atoms with Gasteiger partial charge in [0.05, 0.1) is 0 Å². The summed E-state index contributed by atoms with van der Waals surface area (Å²) in [5.41, 5.74) is 3.13. The van der Waals surface area contributed by atoms with E-state index in [4.69, 9.17) is 17.5 Å². The van der Waals surface area contributed by atoms with Gasteiger partial charge in [0.1, 0.15) is 5.75 Å². The molecule has 2 aromatic rings. The van der Waals surface area contributed by atoms with E-state index in [2.05, 4.69) is 5.32 Å². The van der Waals surface area contributed by atoms with Gasteiger partial charge < -0.3 is 19.5 Å². The molecule has 6 nitrogen and oxygen atoms in total. The Morgan fingerprint density at radius 3 is 2.20 bits per heavy atom. The summed E-state index contributed by atoms with van der Waals surface area (Å²) in [4.78, 5) is 0. The lowest BCUT2D eigenvalue weighted by Crippen LogP contribution is -1.91. The van der Waals surface area contributed by atoms with Crippen molar-refractivity contribution in [1.82, 2.24) is 0 Å². The van der Waals surface area contributed by atoms with Crippen molar-refractivity contribution >= 4 is 21.8 Å². The first-order valence-electron chi connectivity index (χ1n) is 5.54. The van der Waals surface area contributed by atoms with Gasteiger partial charge in [-0.15, -0.1) is 0 Å². The molecule has 2 aromatic carbocycles. The summed E-state index contributed by atoms with van der Waals surface area (Å²) in [6.07, 6.45) is 0. The van der Waals surface area contributed by atoms with Gasteiger partial charge in [-0.25, -0.2) is 0 Å². The molecule has 0 saturated carbocycles. The Morgan fingerprint density at radius 2 is 1.65 bits per heavy atom. The van der Waals surface area contributed by atoms with Crippen molar-refractivity contribution in [2.45, 2.75) is 6.92 Å². The van der Waals surface area contributed by atoms with E-state index in [1.165, 1.54) is 5.56 Å². The minimum Gasteiger partial charge on any atom is -0.759 e. The average molecular weight is 295 g/mol. The highest BCUT2D eigenvalue weighted by molar-refractivity contribution is 7.79. The molecule has 7 heteroatoms. The molecule has 0 atom stereocenters. The summed E-state index contributed by atoms with van der Waals surface area (Å²) in [6.45, 7) is 2.05. The van der Waals surface area contributed by atoms with Crippen molar-refractivity contribution in [3.05, 3.63) is 54.1 Å². The molecular weight excluding hydrogens is 282 g/mol. The van der Waals surface area contributed by atoms with Crippen molar-refractivity contribution in [2.24, 2.45) is 0 Å². The Bertz CT molecular complexity index is 662. The highest BCUT2D eigenvalue weighted by atomic mass is 32.3. The van der Waals surface area contributed by atoms with Crippen molar-refractivity contribution in [3.63, 3.8) is 0 Å². The summed E-state index contributed by atoms with van der Waals surface area (Å²) >= 11 is 0. The van der Waals surface area contributed by atoms with Crippen LogP contribution in [-0.2, 0) is 10.4 Å². The third kappa shape index (κ3) is 6.74. The van der Waals surface area contributed by atoms with E-state index in [-0.39, 0.29) is 5.75 Å². The SMILES string of the molecule is Cc1ccccc1Nc1cccc(O)c1.O=S(=O)([O-])[O-]. The Morgan fingerprint density at radius 1 is 1.05 bits per heavy atom. The van der Waals surface area contributed by atoms with Gasteiger partial charge >= 0.3 is 0 Å². The summed E-state index contributed by atoms with van der Waals surface area (Å²) in [5, 5.41) is 12.6. The largest absolute Gasteiger partial charge is 0.759 e. The molecule has 0 spiro atoms. The van der Waals surface area contributed by atoms with Crippen molar-refractivity contribution in [2.75, 3.05) is 5.32 Å². The van der Waals surface area contributed by atoms with E-state index in [0.717, 1.165) is 11.4 Å². The molecule has 0 amide bonds. The second-order valence-electron chi connectivity index (χ2n) is 3.90. The number of benzene rings is 2. The predicted molar refractivity (Wildman–Crippen MR) is 73.0 cm³/mol. The zero-order chi connectivity index (χ0) is 15.2. The molecule has 0 aromatic heterocycles. The number of hydrogen-bond donors (Lipinski definition) is 2. The van der Waals surface area contributed by atoms with E-state index in [9.17, 15) is 5.11 Å². The van der Waals surface area contributed by atoms with Gasteiger partial charge in [0.15, 0.2) is 0 Å². The highest BCUT2D eigenvalue weighted by Crippen LogP contribution is 2.22. The summed E-state index contributed by atoms with van der Waals surface area (Å²) in [7, 11) is -5.17. The predicted octanol–water partition coefficient (Wildman–Crippen LogP) is 2.11. The molecule has 0 saturated heterocycles. The minimum atomic E-state index is -5.17. The van der Waals surface area contributed by atoms with Crippen LogP contribution in [0.4, 0.5) is 11.4 Å². The molecule has 0 heterocycles. The average Bonchev–Trinajstić information content (AvgIpc) is 2.30. The highest BCUT2D eigenvalue weighted by Gasteiger charge is 1.97. The first-order chi connectivity index (χ1) is 9.25. The second kappa shape index (κ2) is 6.90. The van der Waals surface area contributed by atoms with Crippen LogP contribution in [-0.4, -0.2) is 22.6 Å². The number of nitrogens with one attached hydrogen (secondary N) is 1. The van der Waals surface area contributed by atoms with E-state index in [1.54, 1.807) is 12.1 Å². The minimum absolute atomic E-state index is 0.272. The molecule has 20 heavy (non-hydrogen) atoms. The zero-order valence-corrected chi connectivity index (χ0v) is 11.4. The lowest BCUT2D eigenvalue weighted by molar-refractivity contribution is 0.352. The van der Waals surface area contributed by atoms with E-state index >= 15 is 0 Å². The van der Waals surface area contributed by atoms with Gasteiger partial charge in [-0.1, -0.05) is 24.3 Å². The maximum absolute atomic E-state index is 9.32. The molecule has 0 aliphatic carbocycles. The lowest BCUT2D eigenvalue weighted by Gasteiger charge is -2.09. The molecule has 0 fully saturated rings. The molecule has 2 rings (SSSR count). The molecule has 0 radical (unpaired) electrons. The van der Waals surface area contributed by atoms with Gasteiger partial charge in [0.2, 0.25) is 0 Å². The fourth-order valence-corrected chi connectivity index (χ4v) is 1.45. The lowest BCUT2D eigenvalue weighted by atomic mass is 10.2. The van der Waals surface area contributed by atoms with Crippen LogP contribution >= 0.6 is 0 Å². The first-order valence-corrected chi connectivity index (χ1v) is 6.87. The fourth-order valence-electron chi connectivity index (χ4n) is 1.45. The van der Waals surface area contributed by atoms with Crippen molar-refractivity contribution < 1.29 is 22.6 Å². The summed E-state index contributed by atoms with van der Waals surface area (Å²) in [6, 6.07) is 15.1. The normalized spacial score (nSPS) is 10.3. The number of aryl methyl sites for hydroxylation is 1. The maximum atomic E-state index is 9.32. The van der Waals surface area contributed by atoms with Gasteiger partial charge in [0, 0.05) is 27.8 Å². The Balaban J connectivity index is 0.000000347. The standard InChI is InChI=1S/C13H13NO.H2O4S/c1-10-5-2-3-8-13(10)14-11-6-4-7-12(15)9-11;1-5(2,3)4/h2-9,14-15H,1H3;(H2,1,2,3,4)/p-2. The van der Waals surface area contributed by atoms with Crippen molar-refractivity contribution in [3.8, 4) is 5.75 Å². The van der Waals surface area contributed by atoms with E-state index < -0.39 is 10.4 Å². The number of anilines is 2. The molecule has 0 bridgehead atoms. The van der Waals surface area contributed by atoms with E-state index in [1.807, 2.05) is 43.3 Å². The quantitative estimate of drug-likeness (QED) is 0.648. The van der Waals surface area contributed by atoms with Crippen LogP contribution in [0.2, 0.25) is 0 Å². The molecule has 108 valence electrons. The Kier molecular flexibility index (Phi) is 5.51. The number of para-hydroxylation sites is 1. The molecule has 0 unspecified atom stereocenters. The number of phenols is 1. The van der Waals surface area contributed by atoms with Gasteiger partial charge in [-0.05, 0) is 30.7 Å². The van der Waals surface area contributed by atoms with Crippen LogP contribution in [0, 0.1) is 6.92 Å². The Hall–Kier alpha value is -2.09. The van der Waals surface area contributed by atoms with Crippen LogP contribution in [0.15, 0.2) is 48.5 Å². The van der Waals surface area contributed by atoms with Gasteiger partial charge in [-0.2, -0.15) is 0 Å². The number of phenolic OH excluding ortho intramolecular Hbond substituents is 1. The number of rotatable bonds is 2. The molecular formula is C13H13NO5S-2. The number of hydrogen-bond acceptors (Lipinski definition) is 6. The molecule has 2 N–H and O–H groups in total. The van der Waals surface area contributed by atoms with Crippen LogP contribution in [0.3, 0.4) is 0 Å². The van der Waals surface area contributed by atoms with Crippen molar-refractivity contribution in [1.29, 1.82) is 0 Å². The van der Waals surface area contributed by atoms with Crippen LogP contribution in [0.25, 0.3) is 0 Å². The van der Waals surface area contributed by atoms with Crippen LogP contribution < -0.4 is 5.32 Å². The summed E-state index contributed by atoms with van der Waals surface area (Å²) in [5.74, 6) is 0.272. The second-order valence-corrected chi connectivity index (χ2v) is 4.71. The zero-order valence-electron chi connectivity index (χ0n) is 10.6. The Labute approximate surface area is 117 Å². The number of aromatic hydroxyl groups is 1. The molecule has 0 aliphatic heterocycles. The summed E-state index contributed by atoms with van der Waals surface area (Å²) < 4.78 is 34.1. The third-order valence-corrected chi connectivity index (χ3v) is 2.27. The monoisotopic (exact) mass is 295 g/mol. The topological polar surface area (TPSA) is 113 Å². The van der Waals surface area contributed by atoms with Gasteiger partial charge in [-0.3, -0.25) is 8.42 Å². The van der Waals surface area contributed by atoms with Crippen LogP contribution in [0.1, 0.15) is 5.56 Å². The maximum Gasteiger partial charge on any atom is 0.117 e. The molecule has 0 aliphatic rings. The van der Waals surface area contributed by atoms with Gasteiger partial charge in [0.25, 0.3) is 0 Å².